The van der Waals surface area contributed by atoms with Crippen LogP contribution >= 0.6 is 11.3 Å². The van der Waals surface area contributed by atoms with E-state index in [0.717, 1.165) is 25.1 Å². The zero-order valence-corrected chi connectivity index (χ0v) is 15.0. The van der Waals surface area contributed by atoms with Crippen LogP contribution in [0.5, 0.6) is 0 Å². The zero-order chi connectivity index (χ0) is 18.9. The van der Waals surface area contributed by atoms with Crippen LogP contribution < -0.4 is 0 Å². The SMILES string of the molecule is C=CC[N+]1=C(C#Cc2ccsc2)CCCCC1.O=S(=O)([O-])C(F)(F)F. The Morgan fingerprint density at radius 1 is 1.32 bits per heavy atom. The van der Waals surface area contributed by atoms with Crippen molar-refractivity contribution >= 4 is 27.2 Å². The van der Waals surface area contributed by atoms with Gasteiger partial charge in [0.05, 0.1) is 0 Å². The fourth-order valence-corrected chi connectivity index (χ4v) is 2.63. The molecule has 4 nitrogen and oxygen atoms in total. The van der Waals surface area contributed by atoms with Gasteiger partial charge in [-0.1, -0.05) is 12.5 Å². The minimum atomic E-state index is -6.09. The molecule has 2 heterocycles. The highest BCUT2D eigenvalue weighted by Crippen LogP contribution is 2.20. The third-order valence-corrected chi connectivity index (χ3v) is 4.48. The van der Waals surface area contributed by atoms with Crippen LogP contribution in [0.4, 0.5) is 13.2 Å². The molecule has 0 aromatic carbocycles. The molecule has 0 saturated heterocycles. The standard InChI is InChI=1S/C15H18NS.CHF3O3S/c1-2-10-16-11-5-3-4-6-15(16)8-7-14-9-12-17-13-14;2-1(3,4)8(5,6)7/h2,9,12-13H,1,3-6,10-11H2;(H,5,6,7)/q+1;/p-1. The van der Waals surface area contributed by atoms with E-state index in [2.05, 4.69) is 39.8 Å². The second-order valence-electron chi connectivity index (χ2n) is 5.15. The highest BCUT2D eigenvalue weighted by molar-refractivity contribution is 7.86. The summed E-state index contributed by atoms with van der Waals surface area (Å²) in [6.45, 7) is 5.88. The maximum atomic E-state index is 10.7. The molecule has 9 heteroatoms. The number of halogens is 3. The normalized spacial score (nSPS) is 15.4. The third-order valence-electron chi connectivity index (χ3n) is 3.23. The highest BCUT2D eigenvalue weighted by Gasteiger charge is 2.36. The molecule has 0 amide bonds. The lowest BCUT2D eigenvalue weighted by molar-refractivity contribution is -0.517. The average Bonchev–Trinajstić information content (AvgIpc) is 2.92. The van der Waals surface area contributed by atoms with E-state index in [4.69, 9.17) is 13.0 Å². The molecule has 1 aromatic rings. The molecular weight excluding hydrogens is 375 g/mol. The Hall–Kier alpha value is -1.63. The summed E-state index contributed by atoms with van der Waals surface area (Å²) in [6, 6.07) is 2.08. The highest BCUT2D eigenvalue weighted by atomic mass is 32.2. The van der Waals surface area contributed by atoms with Gasteiger partial charge in [-0.2, -0.15) is 24.5 Å². The molecule has 1 aromatic heterocycles. The van der Waals surface area contributed by atoms with Crippen molar-refractivity contribution in [1.82, 2.24) is 0 Å². The van der Waals surface area contributed by atoms with Gasteiger partial charge in [0.15, 0.2) is 16.7 Å². The molecular formula is C16H18F3NO3S2. The van der Waals surface area contributed by atoms with Crippen LogP contribution in [-0.4, -0.2) is 41.9 Å². The van der Waals surface area contributed by atoms with E-state index in [0.29, 0.717) is 0 Å². The van der Waals surface area contributed by atoms with E-state index in [1.54, 1.807) is 11.3 Å². The Bertz CT molecular complexity index is 755. The van der Waals surface area contributed by atoms with Gasteiger partial charge >= 0.3 is 5.51 Å². The predicted octanol–water partition coefficient (Wildman–Crippen LogP) is 3.36. The number of hydrogen-bond acceptors (Lipinski definition) is 4. The molecule has 25 heavy (non-hydrogen) atoms. The summed E-state index contributed by atoms with van der Waals surface area (Å²) >= 11 is 1.70. The first kappa shape index (κ1) is 21.4. The largest absolute Gasteiger partial charge is 0.741 e. The van der Waals surface area contributed by atoms with Crippen molar-refractivity contribution in [3.8, 4) is 11.8 Å². The quantitative estimate of drug-likeness (QED) is 0.255. The van der Waals surface area contributed by atoms with Gasteiger partial charge in [0.2, 0.25) is 5.71 Å². The first-order chi connectivity index (χ1) is 11.6. The van der Waals surface area contributed by atoms with Crippen LogP contribution in [0.25, 0.3) is 0 Å². The maximum absolute atomic E-state index is 10.7. The van der Waals surface area contributed by atoms with Crippen molar-refractivity contribution < 1.29 is 30.7 Å². The minimum absolute atomic E-state index is 0.924. The molecule has 1 aliphatic heterocycles. The fourth-order valence-electron chi connectivity index (χ4n) is 2.04. The number of thiophene rings is 1. The Balaban J connectivity index is 0.000000333. The number of hydrogen-bond donors (Lipinski definition) is 0. The van der Waals surface area contributed by atoms with Crippen LogP contribution in [0.15, 0.2) is 29.5 Å². The van der Waals surface area contributed by atoms with E-state index in [9.17, 15) is 13.2 Å². The van der Waals surface area contributed by atoms with Crippen molar-refractivity contribution in [2.75, 3.05) is 13.1 Å². The predicted molar refractivity (Wildman–Crippen MR) is 90.6 cm³/mol. The molecule has 0 fully saturated rings. The fraction of sp³-hybridized carbons (Fsp3) is 0.438. The first-order valence-electron chi connectivity index (χ1n) is 7.43. The summed E-state index contributed by atoms with van der Waals surface area (Å²) in [5.74, 6) is 6.61. The molecule has 2 rings (SSSR count). The van der Waals surface area contributed by atoms with Crippen LogP contribution in [0.3, 0.4) is 0 Å². The lowest BCUT2D eigenvalue weighted by Crippen LogP contribution is -2.21. The van der Waals surface area contributed by atoms with Crippen molar-refractivity contribution in [2.45, 2.75) is 31.2 Å². The lowest BCUT2D eigenvalue weighted by atomic mass is 10.1. The lowest BCUT2D eigenvalue weighted by Gasteiger charge is -2.08. The Morgan fingerprint density at radius 3 is 2.52 bits per heavy atom. The van der Waals surface area contributed by atoms with Gasteiger partial charge in [-0.05, 0) is 30.4 Å². The van der Waals surface area contributed by atoms with Gasteiger partial charge in [-0.25, -0.2) is 13.0 Å². The summed E-state index contributed by atoms with van der Waals surface area (Å²) in [7, 11) is -6.09. The molecule has 0 spiro atoms. The smallest absolute Gasteiger partial charge is 0.485 e. The summed E-state index contributed by atoms with van der Waals surface area (Å²) in [5, 5.41) is 4.17. The number of alkyl halides is 3. The maximum Gasteiger partial charge on any atom is 0.485 e. The molecule has 1 aliphatic rings. The Labute approximate surface area is 149 Å². The Kier molecular flexibility index (Phi) is 8.35. The van der Waals surface area contributed by atoms with E-state index in [1.165, 1.54) is 25.0 Å². The number of rotatable bonds is 2. The van der Waals surface area contributed by atoms with Gasteiger partial charge < -0.3 is 4.55 Å². The Morgan fingerprint density at radius 2 is 2.00 bits per heavy atom. The summed E-state index contributed by atoms with van der Waals surface area (Å²) in [4.78, 5) is 0. The monoisotopic (exact) mass is 393 g/mol. The van der Waals surface area contributed by atoms with Crippen molar-refractivity contribution in [3.63, 3.8) is 0 Å². The zero-order valence-electron chi connectivity index (χ0n) is 13.4. The third kappa shape index (κ3) is 7.86. The second-order valence-corrected chi connectivity index (χ2v) is 7.31. The number of nitrogens with zero attached hydrogens (tertiary/aromatic N) is 1. The van der Waals surface area contributed by atoms with Crippen LogP contribution in [0.2, 0.25) is 0 Å². The second kappa shape index (κ2) is 9.75. The van der Waals surface area contributed by atoms with Gasteiger partial charge in [0, 0.05) is 29.7 Å². The molecule has 0 unspecified atom stereocenters. The minimum Gasteiger partial charge on any atom is -0.741 e. The van der Waals surface area contributed by atoms with Crippen LogP contribution in [0, 0.1) is 11.8 Å². The van der Waals surface area contributed by atoms with Gasteiger partial charge in [0.25, 0.3) is 0 Å². The summed E-state index contributed by atoms with van der Waals surface area (Å²) < 4.78 is 61.3. The summed E-state index contributed by atoms with van der Waals surface area (Å²) in [5.41, 5.74) is -3.23. The topological polar surface area (TPSA) is 60.2 Å². The van der Waals surface area contributed by atoms with Crippen LogP contribution in [-0.2, 0) is 10.1 Å². The molecule has 0 radical (unpaired) electrons. The van der Waals surface area contributed by atoms with Crippen molar-refractivity contribution in [3.05, 3.63) is 35.0 Å². The average molecular weight is 393 g/mol. The van der Waals surface area contributed by atoms with E-state index in [1.807, 2.05) is 6.08 Å². The molecule has 0 bridgehead atoms. The first-order valence-corrected chi connectivity index (χ1v) is 9.78. The van der Waals surface area contributed by atoms with Gasteiger partial charge in [-0.3, -0.25) is 0 Å². The molecule has 138 valence electrons. The van der Waals surface area contributed by atoms with Gasteiger partial charge in [0.1, 0.15) is 6.54 Å². The van der Waals surface area contributed by atoms with E-state index in [-0.39, 0.29) is 0 Å². The molecule has 0 atom stereocenters. The van der Waals surface area contributed by atoms with E-state index < -0.39 is 15.6 Å². The van der Waals surface area contributed by atoms with Crippen molar-refractivity contribution in [1.29, 1.82) is 0 Å². The van der Waals surface area contributed by atoms with E-state index >= 15 is 0 Å². The van der Waals surface area contributed by atoms with Crippen molar-refractivity contribution in [2.24, 2.45) is 0 Å². The molecule has 0 saturated carbocycles. The van der Waals surface area contributed by atoms with Crippen LogP contribution in [0.1, 0.15) is 31.2 Å². The summed E-state index contributed by atoms with van der Waals surface area (Å²) in [6.07, 6.45) is 6.94. The molecule has 0 N–H and O–H groups in total. The van der Waals surface area contributed by atoms with Gasteiger partial charge in [-0.15, -0.1) is 0 Å². The molecule has 0 aliphatic carbocycles.